The van der Waals surface area contributed by atoms with E-state index in [1.165, 1.54) is 52.8 Å². The van der Waals surface area contributed by atoms with Gasteiger partial charge in [0.1, 0.15) is 11.9 Å². The van der Waals surface area contributed by atoms with Gasteiger partial charge in [0.05, 0.1) is 11.0 Å². The Morgan fingerprint density at radius 3 is 2.14 bits per heavy atom. The van der Waals surface area contributed by atoms with Crippen molar-refractivity contribution in [1.82, 2.24) is 9.62 Å². The first-order valence-corrected chi connectivity index (χ1v) is 10.9. The van der Waals surface area contributed by atoms with E-state index in [1.54, 1.807) is 0 Å². The number of carbonyl (C=O) groups is 1. The van der Waals surface area contributed by atoms with Crippen molar-refractivity contribution in [3.63, 3.8) is 0 Å². The lowest BCUT2D eigenvalue weighted by Gasteiger charge is -2.20. The first-order valence-electron chi connectivity index (χ1n) is 9.48. The fraction of sp³-hybridized carbons (Fsp3) is 0.333. The van der Waals surface area contributed by atoms with Crippen LogP contribution in [0.25, 0.3) is 0 Å². The monoisotopic (exact) mass is 415 g/mol. The van der Waals surface area contributed by atoms with Crippen LogP contribution >= 0.6 is 0 Å². The van der Waals surface area contributed by atoms with Crippen LogP contribution in [0, 0.1) is 17.1 Å². The Balaban J connectivity index is 1.72. The fourth-order valence-corrected chi connectivity index (χ4v) is 4.79. The summed E-state index contributed by atoms with van der Waals surface area (Å²) in [4.78, 5) is 12.6. The van der Waals surface area contributed by atoms with Crippen LogP contribution in [0.3, 0.4) is 0 Å². The summed E-state index contributed by atoms with van der Waals surface area (Å²) in [6.07, 6.45) is 3.75. The van der Waals surface area contributed by atoms with Crippen LogP contribution in [0.2, 0.25) is 0 Å². The molecule has 8 heteroatoms. The van der Waals surface area contributed by atoms with Gasteiger partial charge < -0.3 is 5.32 Å². The molecule has 152 valence electrons. The summed E-state index contributed by atoms with van der Waals surface area (Å²) >= 11 is 0. The maximum Gasteiger partial charge on any atom is 0.252 e. The summed E-state index contributed by atoms with van der Waals surface area (Å²) in [5, 5.41) is 11.9. The number of sulfonamides is 1. The van der Waals surface area contributed by atoms with E-state index in [4.69, 9.17) is 0 Å². The maximum absolute atomic E-state index is 13.0. The Hall–Kier alpha value is -2.76. The minimum absolute atomic E-state index is 0.145. The van der Waals surface area contributed by atoms with Crippen molar-refractivity contribution in [2.24, 2.45) is 0 Å². The van der Waals surface area contributed by atoms with Gasteiger partial charge in [-0.1, -0.05) is 25.0 Å². The van der Waals surface area contributed by atoms with Gasteiger partial charge >= 0.3 is 0 Å². The van der Waals surface area contributed by atoms with E-state index >= 15 is 0 Å². The van der Waals surface area contributed by atoms with Crippen LogP contribution in [0.1, 0.15) is 47.6 Å². The second-order valence-corrected chi connectivity index (χ2v) is 8.87. The first kappa shape index (κ1) is 21.0. The molecule has 2 aromatic carbocycles. The highest BCUT2D eigenvalue weighted by atomic mass is 32.2. The van der Waals surface area contributed by atoms with E-state index in [0.29, 0.717) is 18.7 Å². The zero-order valence-corrected chi connectivity index (χ0v) is 16.7. The number of nitriles is 1. The van der Waals surface area contributed by atoms with E-state index in [0.717, 1.165) is 25.7 Å². The minimum atomic E-state index is -3.59. The largest absolute Gasteiger partial charge is 0.333 e. The molecule has 1 amide bonds. The molecule has 0 spiro atoms. The highest BCUT2D eigenvalue weighted by Gasteiger charge is 2.25. The van der Waals surface area contributed by atoms with Gasteiger partial charge in [-0.25, -0.2) is 12.8 Å². The lowest BCUT2D eigenvalue weighted by molar-refractivity contribution is 0.0945. The number of rotatable bonds is 5. The average Bonchev–Trinajstić information content (AvgIpc) is 3.03. The molecule has 3 rings (SSSR count). The molecule has 6 nitrogen and oxygen atoms in total. The Labute approximate surface area is 170 Å². The summed E-state index contributed by atoms with van der Waals surface area (Å²) < 4.78 is 40.2. The molecule has 1 N–H and O–H groups in total. The van der Waals surface area contributed by atoms with Crippen molar-refractivity contribution in [3.05, 3.63) is 65.5 Å². The number of carbonyl (C=O) groups excluding carboxylic acids is 1. The van der Waals surface area contributed by atoms with Crippen LogP contribution in [-0.4, -0.2) is 31.7 Å². The van der Waals surface area contributed by atoms with Gasteiger partial charge in [-0.2, -0.15) is 9.57 Å². The maximum atomic E-state index is 13.0. The zero-order chi connectivity index (χ0) is 20.9. The quantitative estimate of drug-likeness (QED) is 0.811. The molecule has 29 heavy (non-hydrogen) atoms. The average molecular weight is 415 g/mol. The summed E-state index contributed by atoms with van der Waals surface area (Å²) in [6.45, 7) is 1.01. The molecular formula is C21H22FN3O3S. The second kappa shape index (κ2) is 9.16. The molecule has 1 saturated heterocycles. The molecule has 1 fully saturated rings. The molecule has 1 heterocycles. The molecule has 0 saturated carbocycles. The van der Waals surface area contributed by atoms with Crippen LogP contribution < -0.4 is 5.32 Å². The van der Waals surface area contributed by atoms with Crippen LogP contribution in [0.15, 0.2) is 53.4 Å². The number of amides is 1. The second-order valence-electron chi connectivity index (χ2n) is 6.93. The van der Waals surface area contributed by atoms with E-state index in [1.807, 2.05) is 6.07 Å². The molecule has 0 radical (unpaired) electrons. The van der Waals surface area contributed by atoms with Gasteiger partial charge in [0.15, 0.2) is 0 Å². The number of nitrogens with one attached hydrogen (secondary N) is 1. The van der Waals surface area contributed by atoms with Gasteiger partial charge in [0.2, 0.25) is 10.0 Å². The Morgan fingerprint density at radius 2 is 1.59 bits per heavy atom. The predicted molar refractivity (Wildman–Crippen MR) is 106 cm³/mol. The van der Waals surface area contributed by atoms with Crippen molar-refractivity contribution in [2.45, 2.75) is 36.6 Å². The molecule has 2 aromatic rings. The van der Waals surface area contributed by atoms with E-state index < -0.39 is 27.8 Å². The van der Waals surface area contributed by atoms with Crippen LogP contribution in [0.4, 0.5) is 4.39 Å². The van der Waals surface area contributed by atoms with E-state index in [-0.39, 0.29) is 10.5 Å². The summed E-state index contributed by atoms with van der Waals surface area (Å²) in [5.74, 6) is -0.947. The van der Waals surface area contributed by atoms with Gasteiger partial charge in [0, 0.05) is 18.7 Å². The molecule has 0 aliphatic carbocycles. The fourth-order valence-electron chi connectivity index (χ4n) is 3.27. The number of hydrogen-bond donors (Lipinski definition) is 1. The van der Waals surface area contributed by atoms with Crippen molar-refractivity contribution in [3.8, 4) is 6.07 Å². The summed E-state index contributed by atoms with van der Waals surface area (Å²) in [7, 11) is -3.59. The molecule has 1 aliphatic rings. The topological polar surface area (TPSA) is 90.3 Å². The highest BCUT2D eigenvalue weighted by Crippen LogP contribution is 2.21. The van der Waals surface area contributed by atoms with Crippen molar-refractivity contribution >= 4 is 15.9 Å². The Morgan fingerprint density at radius 1 is 1.00 bits per heavy atom. The Bertz CT molecular complexity index is 991. The molecule has 0 bridgehead atoms. The third-order valence-corrected chi connectivity index (χ3v) is 6.84. The lowest BCUT2D eigenvalue weighted by Crippen LogP contribution is -2.32. The summed E-state index contributed by atoms with van der Waals surface area (Å²) in [6, 6.07) is 12.0. The van der Waals surface area contributed by atoms with E-state index in [9.17, 15) is 22.9 Å². The third kappa shape index (κ3) is 5.00. The van der Waals surface area contributed by atoms with Gasteiger partial charge in [-0.3, -0.25) is 4.79 Å². The molecule has 1 aliphatic heterocycles. The van der Waals surface area contributed by atoms with Gasteiger partial charge in [0.25, 0.3) is 5.91 Å². The molecule has 0 unspecified atom stereocenters. The van der Waals surface area contributed by atoms with E-state index in [2.05, 4.69) is 5.32 Å². The number of nitrogens with zero attached hydrogens (tertiary/aromatic N) is 2. The van der Waals surface area contributed by atoms with Crippen molar-refractivity contribution in [2.75, 3.05) is 13.1 Å². The standard InChI is InChI=1S/C21H22FN3O3S/c22-18-9-5-16(6-10-18)20(15-23)24-21(26)17-7-11-19(12-8-17)29(27,28)25-13-3-1-2-4-14-25/h5-12,20H,1-4,13-14H2,(H,24,26)/t20-/m1/s1. The zero-order valence-electron chi connectivity index (χ0n) is 15.8. The van der Waals surface area contributed by atoms with Crippen LogP contribution in [0.5, 0.6) is 0 Å². The van der Waals surface area contributed by atoms with Crippen molar-refractivity contribution in [1.29, 1.82) is 5.26 Å². The first-order chi connectivity index (χ1) is 13.9. The number of benzene rings is 2. The van der Waals surface area contributed by atoms with Gasteiger partial charge in [-0.15, -0.1) is 0 Å². The lowest BCUT2D eigenvalue weighted by atomic mass is 10.1. The SMILES string of the molecule is N#C[C@@H](NC(=O)c1ccc(S(=O)(=O)N2CCCCCC2)cc1)c1ccc(F)cc1. The molecule has 1 atom stereocenters. The number of halogens is 1. The third-order valence-electron chi connectivity index (χ3n) is 4.93. The highest BCUT2D eigenvalue weighted by molar-refractivity contribution is 7.89. The van der Waals surface area contributed by atoms with Crippen LogP contribution in [-0.2, 0) is 10.0 Å². The molecular weight excluding hydrogens is 393 g/mol. The predicted octanol–water partition coefficient (Wildman–Crippen LogP) is 3.39. The molecule has 0 aromatic heterocycles. The Kier molecular flexibility index (Phi) is 6.62. The van der Waals surface area contributed by atoms with Gasteiger partial charge in [-0.05, 0) is 54.8 Å². The number of hydrogen-bond acceptors (Lipinski definition) is 4. The summed E-state index contributed by atoms with van der Waals surface area (Å²) in [5.41, 5.74) is 0.699. The van der Waals surface area contributed by atoms with Crippen molar-refractivity contribution < 1.29 is 17.6 Å². The minimum Gasteiger partial charge on any atom is -0.333 e. The normalized spacial score (nSPS) is 16.4. The smallest absolute Gasteiger partial charge is 0.252 e.